The second-order valence-electron chi connectivity index (χ2n) is 4.53. The third kappa shape index (κ3) is 2.55. The molecule has 0 aliphatic carbocycles. The molecule has 104 valence electrons. The summed E-state index contributed by atoms with van der Waals surface area (Å²) in [6.45, 7) is 3.63. The molecule has 1 aromatic carbocycles. The summed E-state index contributed by atoms with van der Waals surface area (Å²) in [5.74, 6) is -0.584. The van der Waals surface area contributed by atoms with Crippen LogP contribution in [0, 0.1) is 10.1 Å². The third-order valence-electron chi connectivity index (χ3n) is 2.77. The van der Waals surface area contributed by atoms with Gasteiger partial charge in [-0.1, -0.05) is 25.4 Å². The lowest BCUT2D eigenvalue weighted by Crippen LogP contribution is -2.18. The minimum absolute atomic E-state index is 0.111. The lowest BCUT2D eigenvalue weighted by molar-refractivity contribution is -0.390. The fourth-order valence-corrected chi connectivity index (χ4v) is 1.95. The topological polar surface area (TPSA) is 78.0 Å². The van der Waals surface area contributed by atoms with Gasteiger partial charge in [0.1, 0.15) is 6.20 Å². The zero-order valence-electron chi connectivity index (χ0n) is 10.9. The molecule has 0 unspecified atom stereocenters. The summed E-state index contributed by atoms with van der Waals surface area (Å²) < 4.78 is 1.04. The monoisotopic (exact) mass is 293 g/mol. The van der Waals surface area contributed by atoms with E-state index in [0.29, 0.717) is 16.4 Å². The average Bonchev–Trinajstić information content (AvgIpc) is 2.83. The highest BCUT2D eigenvalue weighted by Crippen LogP contribution is 2.22. The SMILES string of the molecule is CC(C)c1ncc([N+](=O)[O-])n1C(=O)c1ccc(Cl)cc1. The highest BCUT2D eigenvalue weighted by Gasteiger charge is 2.29. The first-order chi connectivity index (χ1) is 9.41. The molecule has 20 heavy (non-hydrogen) atoms. The molecule has 0 aliphatic heterocycles. The maximum atomic E-state index is 12.4. The molecule has 2 rings (SSSR count). The maximum Gasteiger partial charge on any atom is 0.350 e. The van der Waals surface area contributed by atoms with Crippen LogP contribution in [-0.4, -0.2) is 20.4 Å². The molecular formula is C13H12ClN3O3. The predicted octanol–water partition coefficient (Wildman–Crippen LogP) is 3.26. The first-order valence-electron chi connectivity index (χ1n) is 5.94. The number of aromatic nitrogens is 2. The zero-order chi connectivity index (χ0) is 14.9. The van der Waals surface area contributed by atoms with Gasteiger partial charge < -0.3 is 10.1 Å². The van der Waals surface area contributed by atoms with Crippen molar-refractivity contribution in [3.8, 4) is 0 Å². The van der Waals surface area contributed by atoms with Gasteiger partial charge in [0.2, 0.25) is 5.82 Å². The molecule has 0 saturated heterocycles. The normalized spacial score (nSPS) is 10.8. The van der Waals surface area contributed by atoms with Gasteiger partial charge in [-0.3, -0.25) is 0 Å². The molecule has 0 fully saturated rings. The van der Waals surface area contributed by atoms with Crippen molar-refractivity contribution in [1.29, 1.82) is 0 Å². The molecule has 0 atom stereocenters. The second kappa shape index (κ2) is 5.42. The van der Waals surface area contributed by atoms with Crippen molar-refractivity contribution in [2.75, 3.05) is 0 Å². The van der Waals surface area contributed by atoms with E-state index in [9.17, 15) is 14.9 Å². The Kier molecular flexibility index (Phi) is 3.85. The Labute approximate surface area is 120 Å². The van der Waals surface area contributed by atoms with Crippen molar-refractivity contribution < 1.29 is 9.72 Å². The van der Waals surface area contributed by atoms with Crippen molar-refractivity contribution in [2.45, 2.75) is 19.8 Å². The van der Waals surface area contributed by atoms with Crippen LogP contribution in [0.1, 0.15) is 35.9 Å². The number of imidazole rings is 1. The minimum Gasteiger partial charge on any atom is -0.358 e. The van der Waals surface area contributed by atoms with E-state index in [1.54, 1.807) is 12.1 Å². The van der Waals surface area contributed by atoms with Gasteiger partial charge in [-0.05, 0) is 29.2 Å². The van der Waals surface area contributed by atoms with E-state index in [-0.39, 0.29) is 11.7 Å². The summed E-state index contributed by atoms with van der Waals surface area (Å²) in [7, 11) is 0. The number of carbonyl (C=O) groups excluding carboxylic acids is 1. The summed E-state index contributed by atoms with van der Waals surface area (Å²) in [6.07, 6.45) is 1.10. The largest absolute Gasteiger partial charge is 0.358 e. The minimum atomic E-state index is -0.618. The summed E-state index contributed by atoms with van der Waals surface area (Å²) in [5, 5.41) is 11.5. The van der Waals surface area contributed by atoms with Crippen LogP contribution in [0.15, 0.2) is 30.5 Å². The number of hydrogen-bond donors (Lipinski definition) is 0. The van der Waals surface area contributed by atoms with E-state index in [1.165, 1.54) is 12.1 Å². The summed E-state index contributed by atoms with van der Waals surface area (Å²) >= 11 is 5.77. The van der Waals surface area contributed by atoms with Gasteiger partial charge in [0, 0.05) is 10.9 Å². The molecule has 0 saturated carbocycles. The molecule has 0 N–H and O–H groups in total. The molecule has 0 radical (unpaired) electrons. The van der Waals surface area contributed by atoms with E-state index in [0.717, 1.165) is 10.8 Å². The van der Waals surface area contributed by atoms with E-state index < -0.39 is 10.8 Å². The lowest BCUT2D eigenvalue weighted by Gasteiger charge is -2.05. The van der Waals surface area contributed by atoms with Gasteiger partial charge in [-0.15, -0.1) is 4.57 Å². The van der Waals surface area contributed by atoms with Gasteiger partial charge in [-0.25, -0.2) is 9.78 Å². The zero-order valence-corrected chi connectivity index (χ0v) is 11.7. The summed E-state index contributed by atoms with van der Waals surface area (Å²) in [4.78, 5) is 26.8. The van der Waals surface area contributed by atoms with Crippen LogP contribution in [0.2, 0.25) is 5.02 Å². The average molecular weight is 294 g/mol. The van der Waals surface area contributed by atoms with Gasteiger partial charge in [0.25, 0.3) is 0 Å². The van der Waals surface area contributed by atoms with Crippen LogP contribution < -0.4 is 0 Å². The number of benzene rings is 1. The molecular weight excluding hydrogens is 282 g/mol. The number of nitro groups is 1. The van der Waals surface area contributed by atoms with E-state index in [1.807, 2.05) is 13.8 Å². The van der Waals surface area contributed by atoms with Crippen molar-refractivity contribution >= 4 is 23.3 Å². The Bertz CT molecular complexity index is 662. The Balaban J connectivity index is 2.55. The highest BCUT2D eigenvalue weighted by molar-refractivity contribution is 6.30. The van der Waals surface area contributed by atoms with Gasteiger partial charge in [-0.2, -0.15) is 0 Å². The standard InChI is InChI=1S/C13H12ClN3O3/c1-8(2)12-15-7-11(17(19)20)16(12)13(18)9-3-5-10(14)6-4-9/h3-8H,1-2H3. The fourth-order valence-electron chi connectivity index (χ4n) is 1.82. The van der Waals surface area contributed by atoms with Crippen LogP contribution in [0.4, 0.5) is 5.82 Å². The molecule has 0 amide bonds. The quantitative estimate of drug-likeness (QED) is 0.643. The Morgan fingerprint density at radius 1 is 1.35 bits per heavy atom. The van der Waals surface area contributed by atoms with E-state index in [2.05, 4.69) is 4.98 Å². The van der Waals surface area contributed by atoms with Gasteiger partial charge >= 0.3 is 11.7 Å². The molecule has 1 aromatic heterocycles. The van der Waals surface area contributed by atoms with Gasteiger partial charge in [0.05, 0.1) is 5.56 Å². The maximum absolute atomic E-state index is 12.4. The lowest BCUT2D eigenvalue weighted by atomic mass is 10.2. The second-order valence-corrected chi connectivity index (χ2v) is 4.97. The summed E-state index contributed by atoms with van der Waals surface area (Å²) in [6, 6.07) is 6.18. The molecule has 7 heteroatoms. The van der Waals surface area contributed by atoms with Crippen LogP contribution in [-0.2, 0) is 0 Å². The van der Waals surface area contributed by atoms with Crippen LogP contribution in [0.25, 0.3) is 0 Å². The predicted molar refractivity (Wildman–Crippen MR) is 74.2 cm³/mol. The van der Waals surface area contributed by atoms with Crippen LogP contribution in [0.3, 0.4) is 0 Å². The molecule has 2 aromatic rings. The van der Waals surface area contributed by atoms with Crippen molar-refractivity contribution in [3.63, 3.8) is 0 Å². The fraction of sp³-hybridized carbons (Fsp3) is 0.231. The molecule has 6 nitrogen and oxygen atoms in total. The first kappa shape index (κ1) is 14.2. The van der Waals surface area contributed by atoms with Crippen LogP contribution >= 0.6 is 11.6 Å². The number of halogens is 1. The smallest absolute Gasteiger partial charge is 0.350 e. The Morgan fingerprint density at radius 2 is 1.95 bits per heavy atom. The van der Waals surface area contributed by atoms with E-state index in [4.69, 9.17) is 11.6 Å². The van der Waals surface area contributed by atoms with Crippen molar-refractivity contribution in [1.82, 2.24) is 9.55 Å². The molecule has 0 aliphatic rings. The Hall–Kier alpha value is -2.21. The highest BCUT2D eigenvalue weighted by atomic mass is 35.5. The third-order valence-corrected chi connectivity index (χ3v) is 3.02. The van der Waals surface area contributed by atoms with Crippen molar-refractivity contribution in [2.24, 2.45) is 0 Å². The number of nitrogens with zero attached hydrogens (tertiary/aromatic N) is 3. The van der Waals surface area contributed by atoms with E-state index >= 15 is 0 Å². The molecule has 0 spiro atoms. The number of carbonyl (C=O) groups is 1. The summed E-state index contributed by atoms with van der Waals surface area (Å²) in [5.41, 5.74) is 0.317. The first-order valence-corrected chi connectivity index (χ1v) is 6.32. The van der Waals surface area contributed by atoms with Crippen LogP contribution in [0.5, 0.6) is 0 Å². The van der Waals surface area contributed by atoms with Gasteiger partial charge in [0.15, 0.2) is 0 Å². The molecule has 1 heterocycles. The number of hydrogen-bond acceptors (Lipinski definition) is 4. The van der Waals surface area contributed by atoms with Crippen molar-refractivity contribution in [3.05, 3.63) is 57.0 Å². The number of rotatable bonds is 3. The Morgan fingerprint density at radius 3 is 2.45 bits per heavy atom. The molecule has 0 bridgehead atoms.